The quantitative estimate of drug-likeness (QED) is 0.0300. The summed E-state index contributed by atoms with van der Waals surface area (Å²) in [6.07, 6.45) is 9.49. The lowest BCUT2D eigenvalue weighted by Gasteiger charge is -2.32. The van der Waals surface area contributed by atoms with Gasteiger partial charge < -0.3 is 34.8 Å². The Kier molecular flexibility index (Phi) is 22.0. The van der Waals surface area contributed by atoms with Crippen LogP contribution in [0, 0.1) is 17.8 Å². The summed E-state index contributed by atoms with van der Waals surface area (Å²) >= 11 is 0. The number of carbonyl (C=O) groups is 6. The smallest absolute Gasteiger partial charge is 0.342 e. The van der Waals surface area contributed by atoms with Crippen LogP contribution in [0.1, 0.15) is 117 Å². The van der Waals surface area contributed by atoms with Crippen molar-refractivity contribution in [3.63, 3.8) is 0 Å². The fraction of sp³-hybridized carbons (Fsp3) is 0.590. The Morgan fingerprint density at radius 3 is 2.08 bits per heavy atom. The third kappa shape index (κ3) is 18.5. The normalized spacial score (nSPS) is 13.8. The zero-order chi connectivity index (χ0) is 38.9. The van der Waals surface area contributed by atoms with Gasteiger partial charge in [0.05, 0.1) is 12.3 Å². The fourth-order valence-corrected chi connectivity index (χ4v) is 5.35. The molecule has 0 aliphatic carbocycles. The van der Waals surface area contributed by atoms with Gasteiger partial charge in [-0.05, 0) is 50.3 Å². The van der Waals surface area contributed by atoms with Crippen LogP contribution in [0.25, 0.3) is 0 Å². The lowest BCUT2D eigenvalue weighted by atomic mass is 9.82. The van der Waals surface area contributed by atoms with Crippen molar-refractivity contribution >= 4 is 35.6 Å². The molecular formula is C39H55NO12. The molecule has 1 aromatic rings. The number of amides is 1. The number of aliphatic hydroxyl groups is 1. The molecule has 0 aliphatic heterocycles. The molecule has 1 amide bonds. The molecule has 4 atom stereocenters. The van der Waals surface area contributed by atoms with Crippen LogP contribution in [0.15, 0.2) is 36.4 Å². The van der Waals surface area contributed by atoms with E-state index in [1.165, 1.54) is 19.4 Å². The second-order valence-corrected chi connectivity index (χ2v) is 12.6. The van der Waals surface area contributed by atoms with Crippen LogP contribution in [0.4, 0.5) is 0 Å². The maximum Gasteiger partial charge on any atom is 0.342 e. The highest BCUT2D eigenvalue weighted by atomic mass is 16.7. The summed E-state index contributed by atoms with van der Waals surface area (Å²) in [6, 6.07) is 4.89. The van der Waals surface area contributed by atoms with Crippen molar-refractivity contribution in [3.8, 4) is 17.6 Å². The van der Waals surface area contributed by atoms with Crippen molar-refractivity contribution in [3.05, 3.63) is 42.0 Å². The molecule has 0 saturated carbocycles. The molecule has 0 aliphatic rings. The summed E-state index contributed by atoms with van der Waals surface area (Å²) in [7, 11) is 0. The summed E-state index contributed by atoms with van der Waals surface area (Å²) in [5.74, 6) is -2.29. The van der Waals surface area contributed by atoms with E-state index in [9.17, 15) is 44.1 Å². The SMILES string of the molecule is CC#CCOc1ccc(C[C@H](NC(=O)[C@@H](/C=C/CCCCCCC(=O)CCCCCCC)C(O)(CC(=O)O)C(=O)O[C@@H](C)OC(C)=O)C(=O)O)cc1. The predicted octanol–water partition coefficient (Wildman–Crippen LogP) is 5.30. The van der Waals surface area contributed by atoms with Gasteiger partial charge in [0.25, 0.3) is 0 Å². The van der Waals surface area contributed by atoms with E-state index in [1.54, 1.807) is 31.2 Å². The summed E-state index contributed by atoms with van der Waals surface area (Å²) in [6.45, 7) is 6.20. The molecule has 0 aromatic heterocycles. The molecule has 0 bridgehead atoms. The van der Waals surface area contributed by atoms with Crippen LogP contribution >= 0.6 is 0 Å². The van der Waals surface area contributed by atoms with Crippen molar-refractivity contribution in [2.45, 2.75) is 136 Å². The van der Waals surface area contributed by atoms with Gasteiger partial charge in [-0.3, -0.25) is 19.2 Å². The number of esters is 2. The van der Waals surface area contributed by atoms with Gasteiger partial charge in [0, 0.05) is 33.1 Å². The maximum absolute atomic E-state index is 13.7. The van der Waals surface area contributed by atoms with Crippen LogP contribution in [0.5, 0.6) is 5.75 Å². The Morgan fingerprint density at radius 2 is 1.52 bits per heavy atom. The standard InChI is InChI=1S/C39H55NO12/c1-5-7-9-12-15-18-31(42)19-16-13-10-11-14-17-20-33(39(49,27-35(43)44)38(48)52-29(4)51-28(3)41)36(45)40-34(37(46)47)26-30-21-23-32(24-22-30)50-25-8-6-2/h17,20-24,29,33-34,49H,5,7,9-16,18-19,25-27H2,1-4H3,(H,40,45)(H,43,44)(H,46,47)/b20-17+/t29-,33+,34-,39?/m0/s1. The number of hydrogen-bond acceptors (Lipinski definition) is 10. The average Bonchev–Trinajstić information content (AvgIpc) is 3.07. The largest absolute Gasteiger partial charge is 0.481 e. The van der Waals surface area contributed by atoms with Gasteiger partial charge in [-0.15, -0.1) is 5.92 Å². The highest BCUT2D eigenvalue weighted by Gasteiger charge is 2.51. The minimum Gasteiger partial charge on any atom is -0.481 e. The average molecular weight is 730 g/mol. The number of unbranched alkanes of at least 4 members (excludes halogenated alkanes) is 8. The molecule has 4 N–H and O–H groups in total. The topological polar surface area (TPSA) is 203 Å². The van der Waals surface area contributed by atoms with Crippen molar-refractivity contribution in [1.82, 2.24) is 5.32 Å². The first-order chi connectivity index (χ1) is 24.7. The van der Waals surface area contributed by atoms with Crippen molar-refractivity contribution in [2.75, 3.05) is 6.61 Å². The van der Waals surface area contributed by atoms with E-state index in [-0.39, 0.29) is 18.8 Å². The number of ketones is 1. The molecule has 13 nitrogen and oxygen atoms in total. The Hall–Kier alpha value is -4.70. The molecule has 52 heavy (non-hydrogen) atoms. The van der Waals surface area contributed by atoms with Gasteiger partial charge in [-0.1, -0.05) is 75.7 Å². The minimum absolute atomic E-state index is 0.167. The Morgan fingerprint density at radius 1 is 0.904 bits per heavy atom. The number of ether oxygens (including phenoxy) is 3. The monoisotopic (exact) mass is 729 g/mol. The lowest BCUT2D eigenvalue weighted by molar-refractivity contribution is -0.203. The second kappa shape index (κ2) is 25.3. The van der Waals surface area contributed by atoms with Crippen LogP contribution in [-0.4, -0.2) is 75.4 Å². The van der Waals surface area contributed by atoms with Gasteiger partial charge in [-0.2, -0.15) is 0 Å². The number of benzene rings is 1. The number of aliphatic carboxylic acids is 2. The predicted molar refractivity (Wildman–Crippen MR) is 192 cm³/mol. The second-order valence-electron chi connectivity index (χ2n) is 12.6. The van der Waals surface area contributed by atoms with E-state index in [1.807, 2.05) is 0 Å². The third-order valence-corrected chi connectivity index (χ3v) is 8.11. The Bertz CT molecular complexity index is 1390. The molecule has 288 valence electrons. The number of hydrogen-bond donors (Lipinski definition) is 4. The highest BCUT2D eigenvalue weighted by molar-refractivity contribution is 5.95. The Balaban J connectivity index is 3.10. The van der Waals surface area contributed by atoms with E-state index in [0.717, 1.165) is 57.9 Å². The first kappa shape index (κ1) is 45.3. The number of carboxylic acids is 2. The number of carbonyl (C=O) groups excluding carboxylic acids is 4. The first-order valence-electron chi connectivity index (χ1n) is 17.9. The maximum atomic E-state index is 13.7. The van der Waals surface area contributed by atoms with E-state index in [0.29, 0.717) is 37.0 Å². The summed E-state index contributed by atoms with van der Waals surface area (Å²) in [5.41, 5.74) is -2.50. The number of allylic oxidation sites excluding steroid dienone is 1. The van der Waals surface area contributed by atoms with E-state index < -0.39 is 60.1 Å². The molecule has 0 spiro atoms. The molecule has 0 fully saturated rings. The minimum atomic E-state index is -3.01. The zero-order valence-electron chi connectivity index (χ0n) is 30.8. The molecule has 1 aromatic carbocycles. The molecule has 0 heterocycles. The van der Waals surface area contributed by atoms with Gasteiger partial charge in [0.15, 0.2) is 5.60 Å². The number of Topliss-reactive ketones (excluding diaryl/α,β-unsaturated/α-hetero) is 1. The molecule has 1 unspecified atom stereocenters. The zero-order valence-corrected chi connectivity index (χ0v) is 30.8. The van der Waals surface area contributed by atoms with Crippen molar-refractivity contribution < 1.29 is 58.3 Å². The van der Waals surface area contributed by atoms with Crippen molar-refractivity contribution in [2.24, 2.45) is 5.92 Å². The highest BCUT2D eigenvalue weighted by Crippen LogP contribution is 2.28. The summed E-state index contributed by atoms with van der Waals surface area (Å²) in [5, 5.41) is 33.5. The van der Waals surface area contributed by atoms with Crippen LogP contribution in [-0.2, 0) is 44.7 Å². The molecular weight excluding hydrogens is 674 g/mol. The fourth-order valence-electron chi connectivity index (χ4n) is 5.35. The van der Waals surface area contributed by atoms with Crippen LogP contribution in [0.2, 0.25) is 0 Å². The molecule has 13 heteroatoms. The van der Waals surface area contributed by atoms with E-state index in [2.05, 4.69) is 24.1 Å². The lowest BCUT2D eigenvalue weighted by Crippen LogP contribution is -2.56. The van der Waals surface area contributed by atoms with Gasteiger partial charge >= 0.3 is 23.9 Å². The number of carboxylic acid groups (broad SMARTS) is 2. The molecule has 1 rings (SSSR count). The number of rotatable bonds is 27. The molecule has 0 radical (unpaired) electrons. The first-order valence-corrected chi connectivity index (χ1v) is 17.9. The van der Waals surface area contributed by atoms with Crippen LogP contribution < -0.4 is 10.1 Å². The van der Waals surface area contributed by atoms with Gasteiger partial charge in [-0.25, -0.2) is 9.59 Å². The number of nitrogens with one attached hydrogen (secondary N) is 1. The van der Waals surface area contributed by atoms with Gasteiger partial charge in [0.2, 0.25) is 12.2 Å². The Labute approximate surface area is 306 Å². The van der Waals surface area contributed by atoms with Crippen LogP contribution in [0.3, 0.4) is 0 Å². The summed E-state index contributed by atoms with van der Waals surface area (Å²) in [4.78, 5) is 74.6. The van der Waals surface area contributed by atoms with E-state index >= 15 is 0 Å². The van der Waals surface area contributed by atoms with E-state index in [4.69, 9.17) is 14.2 Å². The van der Waals surface area contributed by atoms with Gasteiger partial charge in [0.1, 0.15) is 24.2 Å². The third-order valence-electron chi connectivity index (χ3n) is 8.11. The molecule has 0 saturated heterocycles. The summed E-state index contributed by atoms with van der Waals surface area (Å²) < 4.78 is 15.3. The van der Waals surface area contributed by atoms with Crippen molar-refractivity contribution in [1.29, 1.82) is 0 Å².